The summed E-state index contributed by atoms with van der Waals surface area (Å²) in [6, 6.07) is 10.4. The normalized spacial score (nSPS) is 15.9. The fraction of sp³-hybridized carbons (Fsp3) is 0.562. The minimum atomic E-state index is 0. The first-order valence-corrected chi connectivity index (χ1v) is 7.27. The van der Waals surface area contributed by atoms with E-state index in [2.05, 4.69) is 19.1 Å². The highest BCUT2D eigenvalue weighted by atomic mass is 35.5. The third-order valence-corrected chi connectivity index (χ3v) is 4.11. The second-order valence-electron chi connectivity index (χ2n) is 5.47. The van der Waals surface area contributed by atoms with Gasteiger partial charge < -0.3 is 10.6 Å². The fourth-order valence-electron chi connectivity index (χ4n) is 2.61. The van der Waals surface area contributed by atoms with Crippen LogP contribution in [0.15, 0.2) is 30.3 Å². The molecule has 1 aromatic carbocycles. The topological polar surface area (TPSA) is 46.3 Å². The Morgan fingerprint density at radius 3 is 2.50 bits per heavy atom. The molecule has 2 rings (SSSR count). The highest BCUT2D eigenvalue weighted by Crippen LogP contribution is 2.30. The highest BCUT2D eigenvalue weighted by molar-refractivity contribution is 5.85. The van der Waals surface area contributed by atoms with E-state index in [9.17, 15) is 4.79 Å². The first kappa shape index (κ1) is 17.0. The van der Waals surface area contributed by atoms with Crippen LogP contribution in [0, 0.1) is 5.92 Å². The number of nitrogens with zero attached hydrogens (tertiary/aromatic N) is 1. The van der Waals surface area contributed by atoms with E-state index in [1.54, 1.807) is 0 Å². The summed E-state index contributed by atoms with van der Waals surface area (Å²) in [7, 11) is 0. The van der Waals surface area contributed by atoms with Gasteiger partial charge in [0.15, 0.2) is 0 Å². The molecule has 1 fully saturated rings. The molecule has 3 nitrogen and oxygen atoms in total. The predicted octanol–water partition coefficient (Wildman–Crippen LogP) is 3.15. The summed E-state index contributed by atoms with van der Waals surface area (Å²) in [6.45, 7) is 3.43. The molecule has 1 amide bonds. The minimum absolute atomic E-state index is 0. The molecule has 0 heterocycles. The van der Waals surface area contributed by atoms with Gasteiger partial charge in [0.25, 0.3) is 0 Å². The Bertz CT molecular complexity index is 406. The number of benzene rings is 1. The van der Waals surface area contributed by atoms with E-state index in [0.29, 0.717) is 18.9 Å². The molecule has 1 aliphatic rings. The zero-order valence-electron chi connectivity index (χ0n) is 12.1. The maximum Gasteiger partial charge on any atom is 0.224 e. The largest absolute Gasteiger partial charge is 0.336 e. The molecule has 1 aliphatic carbocycles. The van der Waals surface area contributed by atoms with Crippen molar-refractivity contribution in [2.75, 3.05) is 13.1 Å². The van der Waals surface area contributed by atoms with Crippen molar-refractivity contribution in [2.24, 2.45) is 11.7 Å². The quantitative estimate of drug-likeness (QED) is 0.876. The third-order valence-electron chi connectivity index (χ3n) is 4.11. The second-order valence-corrected chi connectivity index (χ2v) is 5.47. The highest BCUT2D eigenvalue weighted by Gasteiger charge is 2.27. The molecule has 1 aromatic rings. The lowest BCUT2D eigenvalue weighted by molar-refractivity contribution is -0.134. The van der Waals surface area contributed by atoms with Gasteiger partial charge >= 0.3 is 0 Å². The Labute approximate surface area is 127 Å². The average Bonchev–Trinajstić information content (AvgIpc) is 2.38. The summed E-state index contributed by atoms with van der Waals surface area (Å²) < 4.78 is 0. The average molecular weight is 297 g/mol. The third kappa shape index (κ3) is 4.22. The lowest BCUT2D eigenvalue weighted by atomic mass is 9.84. The molecule has 0 radical (unpaired) electrons. The predicted molar refractivity (Wildman–Crippen MR) is 84.8 cm³/mol. The Hall–Kier alpha value is -1.06. The van der Waals surface area contributed by atoms with E-state index in [0.717, 1.165) is 6.54 Å². The van der Waals surface area contributed by atoms with E-state index in [1.807, 2.05) is 23.1 Å². The summed E-state index contributed by atoms with van der Waals surface area (Å²) >= 11 is 0. The number of rotatable bonds is 6. The van der Waals surface area contributed by atoms with Gasteiger partial charge in [-0.3, -0.25) is 4.79 Å². The van der Waals surface area contributed by atoms with Crippen molar-refractivity contribution in [1.82, 2.24) is 4.90 Å². The molecule has 0 spiro atoms. The van der Waals surface area contributed by atoms with Crippen LogP contribution in [0.4, 0.5) is 0 Å². The van der Waals surface area contributed by atoms with Crippen LogP contribution in [0.25, 0.3) is 0 Å². The zero-order valence-corrected chi connectivity index (χ0v) is 12.9. The van der Waals surface area contributed by atoms with Gasteiger partial charge in [0.05, 0.1) is 6.04 Å². The fourth-order valence-corrected chi connectivity index (χ4v) is 2.61. The van der Waals surface area contributed by atoms with Gasteiger partial charge in [0.2, 0.25) is 5.91 Å². The number of amides is 1. The smallest absolute Gasteiger partial charge is 0.224 e. The standard InChI is InChI=1S/C16H24N2O.ClH/c1-13(15-8-3-2-4-9-15)18(16(19)10-11-17)12-14-6-5-7-14;/h2-4,8-9,13-14H,5-7,10-12,17H2,1H3;1H. The Kier molecular flexibility index (Phi) is 7.03. The summed E-state index contributed by atoms with van der Waals surface area (Å²) in [5, 5.41) is 0. The van der Waals surface area contributed by atoms with Crippen molar-refractivity contribution in [1.29, 1.82) is 0 Å². The maximum absolute atomic E-state index is 12.3. The molecular formula is C16H25ClN2O. The van der Waals surface area contributed by atoms with Gasteiger partial charge in [-0.1, -0.05) is 36.8 Å². The second kappa shape index (κ2) is 8.28. The molecule has 112 valence electrons. The molecule has 0 aliphatic heterocycles. The molecule has 0 bridgehead atoms. The van der Waals surface area contributed by atoms with E-state index in [4.69, 9.17) is 5.73 Å². The van der Waals surface area contributed by atoms with Crippen LogP contribution < -0.4 is 5.73 Å². The Morgan fingerprint density at radius 1 is 1.35 bits per heavy atom. The number of carbonyl (C=O) groups is 1. The minimum Gasteiger partial charge on any atom is -0.336 e. The molecule has 0 aromatic heterocycles. The van der Waals surface area contributed by atoms with Crippen LogP contribution in [-0.4, -0.2) is 23.9 Å². The van der Waals surface area contributed by atoms with E-state index < -0.39 is 0 Å². The number of hydrogen-bond acceptors (Lipinski definition) is 2. The number of halogens is 1. The molecule has 20 heavy (non-hydrogen) atoms. The monoisotopic (exact) mass is 296 g/mol. The molecule has 1 unspecified atom stereocenters. The summed E-state index contributed by atoms with van der Waals surface area (Å²) in [5.41, 5.74) is 6.74. The van der Waals surface area contributed by atoms with Gasteiger partial charge in [0.1, 0.15) is 0 Å². The van der Waals surface area contributed by atoms with Gasteiger partial charge in [-0.05, 0) is 31.2 Å². The lowest BCUT2D eigenvalue weighted by Gasteiger charge is -2.36. The van der Waals surface area contributed by atoms with Crippen LogP contribution in [0.1, 0.15) is 44.2 Å². The van der Waals surface area contributed by atoms with Crippen molar-refractivity contribution in [3.63, 3.8) is 0 Å². The summed E-state index contributed by atoms with van der Waals surface area (Å²) in [4.78, 5) is 14.3. The molecule has 1 atom stereocenters. The first-order valence-electron chi connectivity index (χ1n) is 7.27. The SMILES string of the molecule is CC(c1ccccc1)N(CC1CCC1)C(=O)CCN.Cl. The van der Waals surface area contributed by atoms with E-state index in [1.165, 1.54) is 24.8 Å². The van der Waals surface area contributed by atoms with E-state index in [-0.39, 0.29) is 24.4 Å². The molecule has 2 N–H and O–H groups in total. The molecule has 4 heteroatoms. The Balaban J connectivity index is 0.00000200. The van der Waals surface area contributed by atoms with Crippen LogP contribution in [0.3, 0.4) is 0 Å². The van der Waals surface area contributed by atoms with Crippen LogP contribution in [0.2, 0.25) is 0 Å². The summed E-state index contributed by atoms with van der Waals surface area (Å²) in [5.74, 6) is 0.874. The molecule has 0 saturated heterocycles. The number of carbonyl (C=O) groups excluding carboxylic acids is 1. The van der Waals surface area contributed by atoms with Gasteiger partial charge in [-0.15, -0.1) is 12.4 Å². The lowest BCUT2D eigenvalue weighted by Crippen LogP contribution is -2.39. The van der Waals surface area contributed by atoms with E-state index >= 15 is 0 Å². The van der Waals surface area contributed by atoms with Crippen LogP contribution >= 0.6 is 12.4 Å². The number of hydrogen-bond donors (Lipinski definition) is 1. The van der Waals surface area contributed by atoms with Crippen LogP contribution in [0.5, 0.6) is 0 Å². The zero-order chi connectivity index (χ0) is 13.7. The van der Waals surface area contributed by atoms with Gasteiger partial charge in [0, 0.05) is 19.5 Å². The Morgan fingerprint density at radius 2 is 2.00 bits per heavy atom. The first-order chi connectivity index (χ1) is 9.22. The van der Waals surface area contributed by atoms with Crippen molar-refractivity contribution < 1.29 is 4.79 Å². The van der Waals surface area contributed by atoms with Gasteiger partial charge in [-0.25, -0.2) is 0 Å². The summed E-state index contributed by atoms with van der Waals surface area (Å²) in [6.07, 6.45) is 4.27. The van der Waals surface area contributed by atoms with Crippen molar-refractivity contribution in [3.05, 3.63) is 35.9 Å². The molecular weight excluding hydrogens is 272 g/mol. The van der Waals surface area contributed by atoms with Crippen molar-refractivity contribution in [2.45, 2.75) is 38.6 Å². The van der Waals surface area contributed by atoms with Crippen LogP contribution in [-0.2, 0) is 4.79 Å². The van der Waals surface area contributed by atoms with Crippen molar-refractivity contribution >= 4 is 18.3 Å². The van der Waals surface area contributed by atoms with Gasteiger partial charge in [-0.2, -0.15) is 0 Å². The molecule has 1 saturated carbocycles. The van der Waals surface area contributed by atoms with Crippen molar-refractivity contribution in [3.8, 4) is 0 Å². The number of nitrogens with two attached hydrogens (primary N) is 1. The maximum atomic E-state index is 12.3.